The summed E-state index contributed by atoms with van der Waals surface area (Å²) in [5.74, 6) is 1.29. The monoisotopic (exact) mass is 450 g/mol. The van der Waals surface area contributed by atoms with E-state index >= 15 is 0 Å². The van der Waals surface area contributed by atoms with Gasteiger partial charge in [0.05, 0.1) is 17.5 Å². The van der Waals surface area contributed by atoms with Crippen molar-refractivity contribution in [3.8, 4) is 11.5 Å². The number of carbonyl (C=O) groups is 1. The number of rotatable bonds is 6. The first-order valence-electron chi connectivity index (χ1n) is 11.2. The molecule has 9 heteroatoms. The number of H-pyrrole nitrogens is 1. The highest BCUT2D eigenvalue weighted by Gasteiger charge is 2.29. The summed E-state index contributed by atoms with van der Waals surface area (Å²) in [6.45, 7) is 4.86. The second kappa shape index (κ2) is 8.38. The van der Waals surface area contributed by atoms with Crippen LogP contribution in [0.4, 0.5) is 0 Å². The smallest absolute Gasteiger partial charge is 0.330 e. The number of aromatic nitrogens is 3. The molecule has 5 rings (SSSR count). The highest BCUT2D eigenvalue weighted by Crippen LogP contribution is 2.40. The number of pyridine rings is 1. The van der Waals surface area contributed by atoms with Crippen LogP contribution in [0.15, 0.2) is 39.9 Å². The van der Waals surface area contributed by atoms with Gasteiger partial charge in [-0.2, -0.15) is 0 Å². The molecule has 1 amide bonds. The van der Waals surface area contributed by atoms with Crippen molar-refractivity contribution in [1.29, 1.82) is 0 Å². The van der Waals surface area contributed by atoms with Crippen LogP contribution in [-0.4, -0.2) is 39.7 Å². The molecule has 1 aliphatic carbocycles. The van der Waals surface area contributed by atoms with Crippen molar-refractivity contribution in [3.63, 3.8) is 0 Å². The number of ether oxygens (including phenoxy) is 2. The summed E-state index contributed by atoms with van der Waals surface area (Å²) >= 11 is 0. The summed E-state index contributed by atoms with van der Waals surface area (Å²) in [6, 6.07) is 9.05. The van der Waals surface area contributed by atoms with Crippen LogP contribution in [0.5, 0.6) is 11.5 Å². The van der Waals surface area contributed by atoms with E-state index in [4.69, 9.17) is 9.47 Å². The molecule has 1 saturated carbocycles. The van der Waals surface area contributed by atoms with Crippen molar-refractivity contribution in [1.82, 2.24) is 19.9 Å². The Hall–Kier alpha value is -3.62. The number of aromatic amines is 1. The minimum absolute atomic E-state index is 0.128. The van der Waals surface area contributed by atoms with Crippen LogP contribution in [0.1, 0.15) is 48.7 Å². The third-order valence-electron chi connectivity index (χ3n) is 5.81. The molecule has 172 valence electrons. The van der Waals surface area contributed by atoms with E-state index < -0.39 is 17.2 Å². The summed E-state index contributed by atoms with van der Waals surface area (Å²) in [5.41, 5.74) is 0.0953. The quantitative estimate of drug-likeness (QED) is 0.595. The highest BCUT2D eigenvalue weighted by molar-refractivity contribution is 6.05. The van der Waals surface area contributed by atoms with Crippen LogP contribution in [0.25, 0.3) is 11.0 Å². The largest absolute Gasteiger partial charge is 0.486 e. The van der Waals surface area contributed by atoms with E-state index in [1.54, 1.807) is 6.07 Å². The zero-order valence-corrected chi connectivity index (χ0v) is 18.6. The number of nitrogens with one attached hydrogen (secondary N) is 2. The second-order valence-electron chi connectivity index (χ2n) is 9.04. The molecule has 2 N–H and O–H groups in total. The van der Waals surface area contributed by atoms with E-state index in [0.717, 1.165) is 18.5 Å². The van der Waals surface area contributed by atoms with E-state index in [1.165, 1.54) is 4.57 Å². The van der Waals surface area contributed by atoms with E-state index in [-0.39, 0.29) is 41.1 Å². The number of amides is 1. The molecule has 1 fully saturated rings. The van der Waals surface area contributed by atoms with Gasteiger partial charge in [-0.05, 0) is 37.0 Å². The molecule has 2 aromatic heterocycles. The van der Waals surface area contributed by atoms with Gasteiger partial charge in [0.15, 0.2) is 17.1 Å². The Kier molecular flexibility index (Phi) is 5.39. The molecule has 1 aliphatic heterocycles. The molecule has 3 heterocycles. The molecule has 1 aromatic carbocycles. The molecule has 1 atom stereocenters. The number of nitrogens with zero attached hydrogens (tertiary/aromatic N) is 2. The van der Waals surface area contributed by atoms with Gasteiger partial charge in [-0.15, -0.1) is 0 Å². The number of hydrogen-bond acceptors (Lipinski definition) is 6. The SMILES string of the molecule is CC(C)Cn1c(=O)[nH]c(=O)c2c(C(=O)NCC3COc4ccccc4O3)cc(C3CC3)nc21. The van der Waals surface area contributed by atoms with Gasteiger partial charge in [0.2, 0.25) is 0 Å². The maximum absolute atomic E-state index is 13.2. The van der Waals surface area contributed by atoms with Crippen LogP contribution in [0.2, 0.25) is 0 Å². The minimum atomic E-state index is -0.610. The van der Waals surface area contributed by atoms with Crippen molar-refractivity contribution in [2.24, 2.45) is 5.92 Å². The second-order valence-corrected chi connectivity index (χ2v) is 9.04. The first-order chi connectivity index (χ1) is 15.9. The summed E-state index contributed by atoms with van der Waals surface area (Å²) in [5, 5.41) is 3.00. The average Bonchev–Trinajstić information content (AvgIpc) is 3.64. The van der Waals surface area contributed by atoms with Gasteiger partial charge < -0.3 is 14.8 Å². The first kappa shape index (κ1) is 21.2. The predicted octanol–water partition coefficient (Wildman–Crippen LogP) is 2.19. The van der Waals surface area contributed by atoms with Gasteiger partial charge in [-0.25, -0.2) is 9.78 Å². The lowest BCUT2D eigenvalue weighted by Gasteiger charge is -2.26. The first-order valence-corrected chi connectivity index (χ1v) is 11.2. The Labute approximate surface area is 189 Å². The molecule has 33 heavy (non-hydrogen) atoms. The number of carbonyl (C=O) groups excluding carboxylic acids is 1. The summed E-state index contributed by atoms with van der Waals surface area (Å²) in [7, 11) is 0. The van der Waals surface area contributed by atoms with Crippen LogP contribution in [-0.2, 0) is 6.54 Å². The number of hydrogen-bond donors (Lipinski definition) is 2. The lowest BCUT2D eigenvalue weighted by atomic mass is 10.1. The van der Waals surface area contributed by atoms with Gasteiger partial charge in [-0.1, -0.05) is 26.0 Å². The third-order valence-corrected chi connectivity index (χ3v) is 5.81. The fraction of sp³-hybridized carbons (Fsp3) is 0.417. The van der Waals surface area contributed by atoms with Crippen LogP contribution in [0.3, 0.4) is 0 Å². The Morgan fingerprint density at radius 3 is 2.73 bits per heavy atom. The molecule has 2 aliphatic rings. The van der Waals surface area contributed by atoms with E-state index in [2.05, 4.69) is 15.3 Å². The molecule has 9 nitrogen and oxygen atoms in total. The van der Waals surface area contributed by atoms with Crippen molar-refractivity contribution in [2.75, 3.05) is 13.2 Å². The minimum Gasteiger partial charge on any atom is -0.486 e. The predicted molar refractivity (Wildman–Crippen MR) is 122 cm³/mol. The van der Waals surface area contributed by atoms with E-state index in [0.29, 0.717) is 24.7 Å². The molecule has 1 unspecified atom stereocenters. The van der Waals surface area contributed by atoms with Gasteiger partial charge in [-0.3, -0.25) is 19.1 Å². The van der Waals surface area contributed by atoms with Gasteiger partial charge in [0.25, 0.3) is 11.5 Å². The van der Waals surface area contributed by atoms with Crippen molar-refractivity contribution in [2.45, 2.75) is 45.3 Å². The lowest BCUT2D eigenvalue weighted by Crippen LogP contribution is -2.41. The van der Waals surface area contributed by atoms with Gasteiger partial charge in [0, 0.05) is 18.2 Å². The Bertz CT molecular complexity index is 1340. The fourth-order valence-corrected chi connectivity index (χ4v) is 4.06. The van der Waals surface area contributed by atoms with E-state index in [1.807, 2.05) is 38.1 Å². The molecule has 0 spiro atoms. The molecule has 0 bridgehead atoms. The number of para-hydroxylation sites is 2. The van der Waals surface area contributed by atoms with E-state index in [9.17, 15) is 14.4 Å². The van der Waals surface area contributed by atoms with Crippen LogP contribution in [0, 0.1) is 5.92 Å². The number of benzene rings is 1. The molecule has 0 radical (unpaired) electrons. The van der Waals surface area contributed by atoms with Crippen molar-refractivity contribution >= 4 is 16.9 Å². The number of fused-ring (bicyclic) bond motifs is 2. The highest BCUT2D eigenvalue weighted by atomic mass is 16.6. The molecule has 0 saturated heterocycles. The molecular weight excluding hydrogens is 424 g/mol. The van der Waals surface area contributed by atoms with Crippen LogP contribution >= 0.6 is 0 Å². The van der Waals surface area contributed by atoms with Gasteiger partial charge >= 0.3 is 5.69 Å². The maximum Gasteiger partial charge on any atom is 0.330 e. The van der Waals surface area contributed by atoms with Gasteiger partial charge in [0.1, 0.15) is 12.7 Å². The Balaban J connectivity index is 1.47. The Morgan fingerprint density at radius 1 is 1.24 bits per heavy atom. The van der Waals surface area contributed by atoms with Crippen LogP contribution < -0.4 is 26.0 Å². The Morgan fingerprint density at radius 2 is 2.00 bits per heavy atom. The summed E-state index contributed by atoms with van der Waals surface area (Å²) in [6.07, 6.45) is 1.59. The van der Waals surface area contributed by atoms with Crippen molar-refractivity contribution < 1.29 is 14.3 Å². The standard InChI is InChI=1S/C24H26N4O5/c1-13(2)11-28-21-20(23(30)27-24(28)31)16(9-17(26-21)14-7-8-14)22(29)25-10-15-12-32-18-5-3-4-6-19(18)33-15/h3-6,9,13-15H,7-8,10-12H2,1-2H3,(H,25,29)(H,27,30,31). The van der Waals surface area contributed by atoms with Crippen molar-refractivity contribution in [3.05, 3.63) is 62.4 Å². The lowest BCUT2D eigenvalue weighted by molar-refractivity contribution is 0.0790. The summed E-state index contributed by atoms with van der Waals surface area (Å²) < 4.78 is 13.1. The topological polar surface area (TPSA) is 115 Å². The zero-order valence-electron chi connectivity index (χ0n) is 18.6. The third kappa shape index (κ3) is 4.22. The summed E-state index contributed by atoms with van der Waals surface area (Å²) in [4.78, 5) is 45.5. The fourth-order valence-electron chi connectivity index (χ4n) is 4.06. The average molecular weight is 450 g/mol. The molecule has 3 aromatic rings. The zero-order chi connectivity index (χ0) is 23.1. The molecular formula is C24H26N4O5. The maximum atomic E-state index is 13.2. The normalized spacial score (nSPS) is 17.4.